The summed E-state index contributed by atoms with van der Waals surface area (Å²) in [5.41, 5.74) is 4.44. The minimum Gasteiger partial charge on any atom is -0.360 e. The second kappa shape index (κ2) is 3.85. The van der Waals surface area contributed by atoms with Crippen LogP contribution in [0.1, 0.15) is 12.8 Å². The van der Waals surface area contributed by atoms with E-state index >= 15 is 0 Å². The fourth-order valence-corrected chi connectivity index (χ4v) is 1.49. The van der Waals surface area contributed by atoms with Crippen molar-refractivity contribution in [2.24, 2.45) is 11.7 Å². The zero-order valence-corrected chi connectivity index (χ0v) is 8.12. The monoisotopic (exact) mass is 211 g/mol. The molecule has 1 aromatic rings. The van der Waals surface area contributed by atoms with E-state index in [1.807, 2.05) is 0 Å². The Kier molecular flexibility index (Phi) is 2.55. The number of hydrogen-bond acceptors (Lipinski definition) is 5. The van der Waals surface area contributed by atoms with Gasteiger partial charge in [-0.2, -0.15) is 0 Å². The molecule has 0 bridgehead atoms. The first-order chi connectivity index (χ1) is 7.20. The third-order valence-corrected chi connectivity index (χ3v) is 2.48. The largest absolute Gasteiger partial charge is 0.360 e. The second-order valence-corrected chi connectivity index (χ2v) is 3.68. The lowest BCUT2D eigenvalue weighted by Crippen LogP contribution is -2.36. The summed E-state index contributed by atoms with van der Waals surface area (Å²) >= 11 is 0. The van der Waals surface area contributed by atoms with Crippen LogP contribution in [0.5, 0.6) is 0 Å². The smallest absolute Gasteiger partial charge is 0.342 e. The highest BCUT2D eigenvalue weighted by Gasteiger charge is 2.30. The van der Waals surface area contributed by atoms with Crippen molar-refractivity contribution in [3.8, 4) is 0 Å². The Labute approximate surface area is 85.1 Å². The highest BCUT2D eigenvalue weighted by molar-refractivity contribution is 5.31. The van der Waals surface area contributed by atoms with E-state index < -0.39 is 11.2 Å². The Morgan fingerprint density at radius 1 is 1.53 bits per heavy atom. The molecule has 5 N–H and O–H groups in total. The van der Waals surface area contributed by atoms with E-state index in [-0.39, 0.29) is 11.9 Å². The molecule has 1 fully saturated rings. The van der Waals surface area contributed by atoms with Crippen LogP contribution in [-0.4, -0.2) is 27.8 Å². The molecule has 1 heterocycles. The number of nitrogens with one attached hydrogen (secondary N) is 3. The van der Waals surface area contributed by atoms with Crippen molar-refractivity contribution in [3.05, 3.63) is 20.8 Å². The van der Waals surface area contributed by atoms with Crippen LogP contribution in [0.3, 0.4) is 0 Å². The normalized spacial score (nSPS) is 17.4. The van der Waals surface area contributed by atoms with Gasteiger partial charge in [-0.3, -0.25) is 9.78 Å². The molecule has 0 amide bonds. The molecular formula is C8H13N5O2. The quantitative estimate of drug-likeness (QED) is 0.489. The van der Waals surface area contributed by atoms with Gasteiger partial charge in [-0.25, -0.2) is 9.89 Å². The third-order valence-electron chi connectivity index (χ3n) is 2.48. The molecule has 7 nitrogen and oxygen atoms in total. The molecular weight excluding hydrogens is 198 g/mol. The van der Waals surface area contributed by atoms with Crippen LogP contribution in [-0.2, 0) is 0 Å². The van der Waals surface area contributed by atoms with Gasteiger partial charge in [-0.05, 0) is 18.8 Å². The topological polar surface area (TPSA) is 117 Å². The van der Waals surface area contributed by atoms with Crippen molar-refractivity contribution in [1.82, 2.24) is 15.2 Å². The molecule has 1 aliphatic carbocycles. The van der Waals surface area contributed by atoms with Crippen LogP contribution in [0, 0.1) is 5.92 Å². The minimum atomic E-state index is -0.610. The molecule has 0 saturated heterocycles. The van der Waals surface area contributed by atoms with Crippen molar-refractivity contribution in [3.63, 3.8) is 0 Å². The summed E-state index contributed by atoms with van der Waals surface area (Å²) in [4.78, 5) is 24.1. The molecule has 2 rings (SSSR count). The summed E-state index contributed by atoms with van der Waals surface area (Å²) < 4.78 is 0. The summed E-state index contributed by atoms with van der Waals surface area (Å²) in [6.07, 6.45) is 2.24. The van der Waals surface area contributed by atoms with Crippen LogP contribution < -0.4 is 22.3 Å². The Morgan fingerprint density at radius 2 is 2.27 bits per heavy atom. The average molecular weight is 211 g/mol. The van der Waals surface area contributed by atoms with Crippen molar-refractivity contribution in [2.75, 3.05) is 11.9 Å². The predicted octanol–water partition coefficient (Wildman–Crippen LogP) is -1.39. The molecule has 0 aliphatic heterocycles. The molecule has 1 saturated carbocycles. The number of aromatic amines is 2. The van der Waals surface area contributed by atoms with E-state index in [0.717, 1.165) is 12.8 Å². The Hall–Kier alpha value is -1.63. The molecule has 1 aromatic heterocycles. The number of aromatic nitrogens is 3. The maximum Gasteiger partial charge on any atom is 0.342 e. The van der Waals surface area contributed by atoms with Gasteiger partial charge in [-0.15, -0.1) is 5.10 Å². The number of nitrogens with zero attached hydrogens (tertiary/aromatic N) is 1. The van der Waals surface area contributed by atoms with Crippen LogP contribution >= 0.6 is 0 Å². The standard InChI is InChI=1S/C8H13N5O2/c9-3-5(4-1-2-4)10-6-7(14)11-8(15)13-12-6/h4-5H,1-3,9H2,(H,10,12)(H2,11,13,14,15). The molecule has 0 aromatic carbocycles. The van der Waals surface area contributed by atoms with E-state index in [0.29, 0.717) is 12.5 Å². The van der Waals surface area contributed by atoms with E-state index in [9.17, 15) is 9.59 Å². The summed E-state index contributed by atoms with van der Waals surface area (Å²) in [6, 6.07) is 0.0597. The van der Waals surface area contributed by atoms with E-state index in [4.69, 9.17) is 5.73 Å². The lowest BCUT2D eigenvalue weighted by atomic mass is 10.2. The van der Waals surface area contributed by atoms with Crippen molar-refractivity contribution >= 4 is 5.82 Å². The molecule has 7 heteroatoms. The predicted molar refractivity (Wildman–Crippen MR) is 54.7 cm³/mol. The molecule has 0 spiro atoms. The highest BCUT2D eigenvalue weighted by Crippen LogP contribution is 2.33. The summed E-state index contributed by atoms with van der Waals surface area (Å²) in [5.74, 6) is 0.639. The first-order valence-corrected chi connectivity index (χ1v) is 4.86. The lowest BCUT2D eigenvalue weighted by Gasteiger charge is -2.14. The Bertz CT molecular complexity index is 447. The molecule has 1 atom stereocenters. The van der Waals surface area contributed by atoms with Crippen molar-refractivity contribution in [1.29, 1.82) is 0 Å². The molecule has 0 radical (unpaired) electrons. The molecule has 1 aliphatic rings. The van der Waals surface area contributed by atoms with Crippen LogP contribution in [0.25, 0.3) is 0 Å². The average Bonchev–Trinajstić information content (AvgIpc) is 3.00. The highest BCUT2D eigenvalue weighted by atomic mass is 16.2. The van der Waals surface area contributed by atoms with Gasteiger partial charge >= 0.3 is 5.69 Å². The van der Waals surface area contributed by atoms with Gasteiger partial charge in [0, 0.05) is 12.6 Å². The summed E-state index contributed by atoms with van der Waals surface area (Å²) in [7, 11) is 0. The maximum atomic E-state index is 11.3. The number of hydrogen-bond donors (Lipinski definition) is 4. The van der Waals surface area contributed by atoms with Gasteiger partial charge in [0.25, 0.3) is 5.56 Å². The van der Waals surface area contributed by atoms with E-state index in [2.05, 4.69) is 20.5 Å². The van der Waals surface area contributed by atoms with Gasteiger partial charge in [-0.1, -0.05) is 0 Å². The van der Waals surface area contributed by atoms with E-state index in [1.165, 1.54) is 0 Å². The Morgan fingerprint density at radius 3 is 2.80 bits per heavy atom. The molecule has 82 valence electrons. The SMILES string of the molecule is NCC(Nc1n[nH]c(=O)[nH]c1=O)C1CC1. The van der Waals surface area contributed by atoms with Gasteiger partial charge in [0.2, 0.25) is 5.82 Å². The Balaban J connectivity index is 2.15. The van der Waals surface area contributed by atoms with Gasteiger partial charge in [0.05, 0.1) is 0 Å². The number of H-pyrrole nitrogens is 2. The van der Waals surface area contributed by atoms with E-state index in [1.54, 1.807) is 0 Å². The van der Waals surface area contributed by atoms with Crippen molar-refractivity contribution in [2.45, 2.75) is 18.9 Å². The molecule has 1 unspecified atom stereocenters. The number of nitrogens with two attached hydrogens (primary N) is 1. The zero-order valence-electron chi connectivity index (χ0n) is 8.12. The fourth-order valence-electron chi connectivity index (χ4n) is 1.49. The summed E-state index contributed by atoms with van der Waals surface area (Å²) in [5, 5.41) is 8.73. The van der Waals surface area contributed by atoms with Gasteiger partial charge < -0.3 is 11.1 Å². The minimum absolute atomic E-state index is 0.0597. The zero-order chi connectivity index (χ0) is 10.8. The van der Waals surface area contributed by atoms with Gasteiger partial charge in [0.1, 0.15) is 0 Å². The third kappa shape index (κ3) is 2.24. The first-order valence-electron chi connectivity index (χ1n) is 4.86. The number of rotatable bonds is 4. The lowest BCUT2D eigenvalue weighted by molar-refractivity contribution is 0.637. The second-order valence-electron chi connectivity index (χ2n) is 3.68. The first kappa shape index (κ1) is 9.91. The van der Waals surface area contributed by atoms with Crippen LogP contribution in [0.4, 0.5) is 5.82 Å². The maximum absolute atomic E-state index is 11.3. The van der Waals surface area contributed by atoms with Crippen LogP contribution in [0.2, 0.25) is 0 Å². The fraction of sp³-hybridized carbons (Fsp3) is 0.625. The van der Waals surface area contributed by atoms with Crippen LogP contribution in [0.15, 0.2) is 9.59 Å². The van der Waals surface area contributed by atoms with Gasteiger partial charge in [0.15, 0.2) is 0 Å². The summed E-state index contributed by atoms with van der Waals surface area (Å²) in [6.45, 7) is 0.449. The molecule has 15 heavy (non-hydrogen) atoms. The van der Waals surface area contributed by atoms with Crippen molar-refractivity contribution < 1.29 is 0 Å². The number of anilines is 1.